The van der Waals surface area contributed by atoms with E-state index < -0.39 is 0 Å². The highest BCUT2D eigenvalue weighted by Gasteiger charge is 2.23. The second-order valence-electron chi connectivity index (χ2n) is 4.46. The lowest BCUT2D eigenvalue weighted by Gasteiger charge is -2.06. The van der Waals surface area contributed by atoms with Crippen molar-refractivity contribution in [1.82, 2.24) is 0 Å². The van der Waals surface area contributed by atoms with Gasteiger partial charge in [0.15, 0.2) is 0 Å². The summed E-state index contributed by atoms with van der Waals surface area (Å²) in [6.45, 7) is 8.41. The fourth-order valence-corrected chi connectivity index (χ4v) is 1.46. The summed E-state index contributed by atoms with van der Waals surface area (Å²) in [5.41, 5.74) is 1.17. The first-order chi connectivity index (χ1) is 7.76. The third-order valence-corrected chi connectivity index (χ3v) is 2.48. The van der Waals surface area contributed by atoms with Crippen molar-refractivity contribution in [3.8, 4) is 0 Å². The Morgan fingerprint density at radius 3 is 2.62 bits per heavy atom. The maximum absolute atomic E-state index is 5.84. The van der Waals surface area contributed by atoms with Crippen LogP contribution in [0, 0.1) is 0 Å². The monoisotopic (exact) mass is 220 g/mol. The Labute approximate surface area is 99.9 Å². The van der Waals surface area contributed by atoms with Crippen LogP contribution in [0.3, 0.4) is 0 Å². The molecule has 0 unspecified atom stereocenters. The van der Waals surface area contributed by atoms with Crippen molar-refractivity contribution in [3.05, 3.63) is 36.1 Å². The van der Waals surface area contributed by atoms with E-state index in [1.807, 2.05) is 0 Å². The van der Waals surface area contributed by atoms with Crippen molar-refractivity contribution < 1.29 is 4.74 Å². The normalized spacial score (nSPS) is 16.8. The van der Waals surface area contributed by atoms with Gasteiger partial charge < -0.3 is 4.74 Å². The summed E-state index contributed by atoms with van der Waals surface area (Å²) in [6, 6.07) is 0. The fraction of sp³-hybridized carbons (Fsp3) is 0.600. The topological polar surface area (TPSA) is 9.23 Å². The van der Waals surface area contributed by atoms with Crippen molar-refractivity contribution in [2.24, 2.45) is 0 Å². The Balaban J connectivity index is 2.50. The standard InChI is InChI=1S/C15H24O/c1-4-6-7-9-15(16-14-10-11-14)12-13(3)8-5-2/h7,9,12,14H,3-6,8,10-11H2,1-2H3/b9-7-,15-12+. The number of hydrogen-bond donors (Lipinski definition) is 0. The van der Waals surface area contributed by atoms with Crippen LogP contribution in [0.25, 0.3) is 0 Å². The molecule has 1 saturated carbocycles. The zero-order chi connectivity index (χ0) is 11.8. The summed E-state index contributed by atoms with van der Waals surface area (Å²) in [5.74, 6) is 0.995. The predicted molar refractivity (Wildman–Crippen MR) is 70.3 cm³/mol. The molecule has 0 aromatic heterocycles. The Morgan fingerprint density at radius 2 is 2.06 bits per heavy atom. The smallest absolute Gasteiger partial charge is 0.119 e. The summed E-state index contributed by atoms with van der Waals surface area (Å²) in [6.07, 6.45) is 13.8. The van der Waals surface area contributed by atoms with Crippen molar-refractivity contribution in [3.63, 3.8) is 0 Å². The SMILES string of the molecule is C=C(/C=C(\C=C/CCC)OC1CC1)CCC. The first-order valence-corrected chi connectivity index (χ1v) is 6.49. The molecule has 0 aliphatic heterocycles. The van der Waals surface area contributed by atoms with E-state index >= 15 is 0 Å². The second kappa shape index (κ2) is 7.32. The van der Waals surface area contributed by atoms with Gasteiger partial charge in [-0.05, 0) is 37.8 Å². The molecule has 0 radical (unpaired) electrons. The molecule has 16 heavy (non-hydrogen) atoms. The number of hydrogen-bond acceptors (Lipinski definition) is 1. The third kappa shape index (κ3) is 5.79. The van der Waals surface area contributed by atoms with Gasteiger partial charge in [0.25, 0.3) is 0 Å². The van der Waals surface area contributed by atoms with E-state index in [1.54, 1.807) is 0 Å². The van der Waals surface area contributed by atoms with Crippen molar-refractivity contribution in [2.75, 3.05) is 0 Å². The van der Waals surface area contributed by atoms with Crippen molar-refractivity contribution in [1.29, 1.82) is 0 Å². The van der Waals surface area contributed by atoms with Crippen LogP contribution in [0.15, 0.2) is 36.1 Å². The summed E-state index contributed by atoms with van der Waals surface area (Å²) < 4.78 is 5.84. The quantitative estimate of drug-likeness (QED) is 0.423. The third-order valence-electron chi connectivity index (χ3n) is 2.48. The highest BCUT2D eigenvalue weighted by atomic mass is 16.5. The molecule has 1 heteroatoms. The molecule has 0 aromatic carbocycles. The molecule has 0 aromatic rings. The number of rotatable bonds is 8. The van der Waals surface area contributed by atoms with Crippen LogP contribution < -0.4 is 0 Å². The minimum absolute atomic E-state index is 0.465. The van der Waals surface area contributed by atoms with Gasteiger partial charge in [-0.2, -0.15) is 0 Å². The average Bonchev–Trinajstić information content (AvgIpc) is 3.02. The lowest BCUT2D eigenvalue weighted by molar-refractivity contribution is 0.208. The molecule has 1 fully saturated rings. The molecule has 0 saturated heterocycles. The van der Waals surface area contributed by atoms with E-state index in [0.717, 1.165) is 25.0 Å². The Hall–Kier alpha value is -0.980. The van der Waals surface area contributed by atoms with Gasteiger partial charge in [-0.3, -0.25) is 0 Å². The maximum Gasteiger partial charge on any atom is 0.119 e. The van der Waals surface area contributed by atoms with Crippen LogP contribution in [0.2, 0.25) is 0 Å². The van der Waals surface area contributed by atoms with Crippen molar-refractivity contribution in [2.45, 2.75) is 58.5 Å². The molecule has 1 nitrogen and oxygen atoms in total. The number of allylic oxidation sites excluding steroid dienone is 4. The van der Waals surface area contributed by atoms with Gasteiger partial charge in [-0.25, -0.2) is 0 Å². The largest absolute Gasteiger partial charge is 0.490 e. The summed E-state index contributed by atoms with van der Waals surface area (Å²) in [4.78, 5) is 0. The van der Waals surface area contributed by atoms with Gasteiger partial charge in [0.05, 0.1) is 6.10 Å². The van der Waals surface area contributed by atoms with Crippen LogP contribution in [-0.2, 0) is 4.74 Å². The lowest BCUT2D eigenvalue weighted by atomic mass is 10.1. The molecule has 1 aliphatic carbocycles. The van der Waals surface area contributed by atoms with Crippen LogP contribution in [0.5, 0.6) is 0 Å². The van der Waals surface area contributed by atoms with Gasteiger partial charge in [-0.15, -0.1) is 0 Å². The highest BCUT2D eigenvalue weighted by Crippen LogP contribution is 2.27. The summed E-state index contributed by atoms with van der Waals surface area (Å²) in [5, 5.41) is 0. The van der Waals surface area contributed by atoms with E-state index in [2.05, 4.69) is 38.7 Å². The highest BCUT2D eigenvalue weighted by molar-refractivity contribution is 5.24. The minimum atomic E-state index is 0.465. The van der Waals surface area contributed by atoms with Crippen LogP contribution in [0.1, 0.15) is 52.4 Å². The molecule has 1 aliphatic rings. The molecule has 0 spiro atoms. The molecule has 0 amide bonds. The average molecular weight is 220 g/mol. The van der Waals surface area contributed by atoms with E-state index in [4.69, 9.17) is 4.74 Å². The van der Waals surface area contributed by atoms with Gasteiger partial charge in [0.1, 0.15) is 5.76 Å². The zero-order valence-electron chi connectivity index (χ0n) is 10.7. The predicted octanol–water partition coefficient (Wildman–Crippen LogP) is 4.76. The molecule has 0 atom stereocenters. The number of unbranched alkanes of at least 4 members (excludes halogenated alkanes) is 1. The first kappa shape index (κ1) is 13.1. The summed E-state index contributed by atoms with van der Waals surface area (Å²) >= 11 is 0. The van der Waals surface area contributed by atoms with E-state index in [0.29, 0.717) is 6.10 Å². The summed E-state index contributed by atoms with van der Waals surface area (Å²) in [7, 11) is 0. The van der Waals surface area contributed by atoms with Crippen LogP contribution in [0.4, 0.5) is 0 Å². The Bertz CT molecular complexity index is 269. The van der Waals surface area contributed by atoms with Crippen molar-refractivity contribution >= 4 is 0 Å². The maximum atomic E-state index is 5.84. The van der Waals surface area contributed by atoms with E-state index in [1.165, 1.54) is 24.8 Å². The van der Waals surface area contributed by atoms with E-state index in [9.17, 15) is 0 Å². The second-order valence-corrected chi connectivity index (χ2v) is 4.46. The van der Waals surface area contributed by atoms with Gasteiger partial charge in [-0.1, -0.05) is 44.9 Å². The van der Waals surface area contributed by atoms with Crippen LogP contribution >= 0.6 is 0 Å². The zero-order valence-corrected chi connectivity index (χ0v) is 10.7. The molecule has 1 rings (SSSR count). The minimum Gasteiger partial charge on any atom is -0.490 e. The van der Waals surface area contributed by atoms with Gasteiger partial charge in [0, 0.05) is 0 Å². The lowest BCUT2D eigenvalue weighted by Crippen LogP contribution is -1.92. The fourth-order valence-electron chi connectivity index (χ4n) is 1.46. The Kier molecular flexibility index (Phi) is 5.99. The molecular weight excluding hydrogens is 196 g/mol. The first-order valence-electron chi connectivity index (χ1n) is 6.49. The molecule has 0 N–H and O–H groups in total. The number of ether oxygens (including phenoxy) is 1. The molecule has 90 valence electrons. The van der Waals surface area contributed by atoms with Crippen LogP contribution in [-0.4, -0.2) is 6.10 Å². The Morgan fingerprint density at radius 1 is 1.31 bits per heavy atom. The molecule has 0 heterocycles. The van der Waals surface area contributed by atoms with Gasteiger partial charge >= 0.3 is 0 Å². The van der Waals surface area contributed by atoms with E-state index in [-0.39, 0.29) is 0 Å². The molecular formula is C15H24O. The molecule has 0 bridgehead atoms. The van der Waals surface area contributed by atoms with Gasteiger partial charge in [0.2, 0.25) is 0 Å².